The highest BCUT2D eigenvalue weighted by Gasteiger charge is 2.22. The molecule has 6 nitrogen and oxygen atoms in total. The Morgan fingerprint density at radius 3 is 2.46 bits per heavy atom. The predicted molar refractivity (Wildman–Crippen MR) is 152 cm³/mol. The zero-order valence-electron chi connectivity index (χ0n) is 22.0. The number of rotatable bonds is 8. The lowest BCUT2D eigenvalue weighted by Crippen LogP contribution is -2.37. The van der Waals surface area contributed by atoms with Crippen LogP contribution in [0.3, 0.4) is 0 Å². The number of benzene rings is 3. The van der Waals surface area contributed by atoms with Gasteiger partial charge in [-0.25, -0.2) is 4.98 Å². The third-order valence-electron chi connectivity index (χ3n) is 7.49. The lowest BCUT2D eigenvalue weighted by molar-refractivity contribution is 0.0932. The van der Waals surface area contributed by atoms with Crippen LogP contribution in [0.1, 0.15) is 39.9 Å². The van der Waals surface area contributed by atoms with Gasteiger partial charge in [-0.05, 0) is 58.9 Å². The largest absolute Gasteiger partial charge is 0.493 e. The van der Waals surface area contributed by atoms with Crippen LogP contribution in [0, 0.1) is 0 Å². The van der Waals surface area contributed by atoms with Crippen LogP contribution in [0.2, 0.25) is 0 Å². The molecule has 39 heavy (non-hydrogen) atoms. The lowest BCUT2D eigenvalue weighted by Gasteiger charge is -2.32. The van der Waals surface area contributed by atoms with Crippen molar-refractivity contribution in [2.45, 2.75) is 38.5 Å². The topological polar surface area (TPSA) is 63.7 Å². The Labute approximate surface area is 229 Å². The smallest absolute Gasteiger partial charge is 0.251 e. The summed E-state index contributed by atoms with van der Waals surface area (Å²) >= 11 is 0. The molecule has 1 N–H and O–H groups in total. The molecule has 0 atom stereocenters. The van der Waals surface area contributed by atoms with Gasteiger partial charge in [0.15, 0.2) is 0 Å². The third kappa shape index (κ3) is 6.29. The Bertz CT molecular complexity index is 1400. The predicted octanol–water partition coefficient (Wildman–Crippen LogP) is 5.66. The number of ether oxygens (including phenoxy) is 2. The van der Waals surface area contributed by atoms with Gasteiger partial charge >= 0.3 is 0 Å². The molecule has 0 radical (unpaired) electrons. The average Bonchev–Trinajstić information content (AvgIpc) is 3.46. The van der Waals surface area contributed by atoms with E-state index in [1.165, 1.54) is 11.1 Å². The fourth-order valence-corrected chi connectivity index (χ4v) is 5.27. The van der Waals surface area contributed by atoms with Gasteiger partial charge < -0.3 is 14.8 Å². The maximum Gasteiger partial charge on any atom is 0.251 e. The lowest BCUT2D eigenvalue weighted by atomic mass is 10.0. The molecular formula is C33H33N3O3. The summed E-state index contributed by atoms with van der Waals surface area (Å²) in [6, 6.07) is 28.3. The molecule has 0 saturated carbocycles. The first-order valence-corrected chi connectivity index (χ1v) is 13.7. The van der Waals surface area contributed by atoms with Crippen molar-refractivity contribution in [3.63, 3.8) is 0 Å². The van der Waals surface area contributed by atoms with E-state index in [4.69, 9.17) is 9.47 Å². The maximum absolute atomic E-state index is 12.6. The first-order chi connectivity index (χ1) is 19.2. The number of likely N-dealkylation sites (tertiary alicyclic amines) is 1. The Kier molecular flexibility index (Phi) is 7.54. The molecule has 1 fully saturated rings. The Hall–Kier alpha value is -4.16. The van der Waals surface area contributed by atoms with Gasteiger partial charge in [0.25, 0.3) is 5.91 Å². The van der Waals surface area contributed by atoms with Gasteiger partial charge in [-0.1, -0.05) is 60.7 Å². The summed E-state index contributed by atoms with van der Waals surface area (Å²) in [6.07, 6.45) is 4.93. The molecule has 0 spiro atoms. The van der Waals surface area contributed by atoms with Crippen molar-refractivity contribution in [3.8, 4) is 22.8 Å². The number of hydrogen-bond donors (Lipinski definition) is 1. The van der Waals surface area contributed by atoms with Crippen LogP contribution in [-0.2, 0) is 19.5 Å². The van der Waals surface area contributed by atoms with Crippen LogP contribution in [0.15, 0.2) is 91.1 Å². The van der Waals surface area contributed by atoms with Crippen molar-refractivity contribution in [2.24, 2.45) is 0 Å². The minimum Gasteiger partial charge on any atom is -0.493 e. The van der Waals surface area contributed by atoms with E-state index in [9.17, 15) is 4.79 Å². The SMILES string of the molecule is O=C(NCc1ccc(OC2CCN(Cc3ccc4c(c3)CCO4)CC2)nc1)c1ccc(-c2ccccc2)cc1. The van der Waals surface area contributed by atoms with Crippen molar-refractivity contribution in [1.29, 1.82) is 0 Å². The molecule has 0 aliphatic carbocycles. The van der Waals surface area contributed by atoms with Crippen molar-refractivity contribution in [1.82, 2.24) is 15.2 Å². The third-order valence-corrected chi connectivity index (χ3v) is 7.49. The second kappa shape index (κ2) is 11.7. The summed E-state index contributed by atoms with van der Waals surface area (Å²) in [5.41, 5.74) is 6.48. The van der Waals surface area contributed by atoms with Gasteiger partial charge in [0, 0.05) is 50.4 Å². The van der Waals surface area contributed by atoms with Gasteiger partial charge in [-0.3, -0.25) is 9.69 Å². The van der Waals surface area contributed by atoms with Crippen molar-refractivity contribution in [3.05, 3.63) is 113 Å². The number of aromatic nitrogens is 1. The number of nitrogens with zero attached hydrogens (tertiary/aromatic N) is 2. The van der Waals surface area contributed by atoms with E-state index < -0.39 is 0 Å². The van der Waals surface area contributed by atoms with Crippen molar-refractivity contribution >= 4 is 5.91 Å². The van der Waals surface area contributed by atoms with E-state index in [1.807, 2.05) is 54.6 Å². The van der Waals surface area contributed by atoms with Crippen LogP contribution in [0.4, 0.5) is 0 Å². The van der Waals surface area contributed by atoms with Crippen LogP contribution in [0.5, 0.6) is 11.6 Å². The zero-order chi connectivity index (χ0) is 26.4. The second-order valence-corrected chi connectivity index (χ2v) is 10.3. The fourth-order valence-electron chi connectivity index (χ4n) is 5.27. The molecule has 1 saturated heterocycles. The normalized spacial score (nSPS) is 15.4. The first kappa shape index (κ1) is 25.1. The van der Waals surface area contributed by atoms with Gasteiger partial charge in [-0.2, -0.15) is 0 Å². The molecule has 2 aliphatic heterocycles. The monoisotopic (exact) mass is 519 g/mol. The number of pyridine rings is 1. The van der Waals surface area contributed by atoms with E-state index in [0.717, 1.165) is 67.9 Å². The van der Waals surface area contributed by atoms with E-state index in [-0.39, 0.29) is 12.0 Å². The van der Waals surface area contributed by atoms with Crippen LogP contribution in [0.25, 0.3) is 11.1 Å². The van der Waals surface area contributed by atoms with Gasteiger partial charge in [-0.15, -0.1) is 0 Å². The molecule has 198 valence electrons. The standard InChI is InChI=1S/C33H33N3O3/c37-33(28-10-8-27(9-11-28)26-4-2-1-3-5-26)35-22-25-7-13-32(34-21-25)39-30-14-17-36(18-15-30)23-24-6-12-31-29(20-24)16-19-38-31/h1-13,20-21,30H,14-19,22-23H2,(H,35,37). The summed E-state index contributed by atoms with van der Waals surface area (Å²) in [6.45, 7) is 4.20. The van der Waals surface area contributed by atoms with Crippen molar-refractivity contribution in [2.75, 3.05) is 19.7 Å². The van der Waals surface area contributed by atoms with E-state index in [2.05, 4.69) is 45.5 Å². The Morgan fingerprint density at radius 2 is 1.69 bits per heavy atom. The van der Waals surface area contributed by atoms with Gasteiger partial charge in [0.1, 0.15) is 11.9 Å². The number of carbonyl (C=O) groups excluding carboxylic acids is 1. The molecular weight excluding hydrogens is 486 g/mol. The molecule has 0 unspecified atom stereocenters. The molecule has 1 amide bonds. The summed E-state index contributed by atoms with van der Waals surface area (Å²) < 4.78 is 11.8. The highest BCUT2D eigenvalue weighted by atomic mass is 16.5. The summed E-state index contributed by atoms with van der Waals surface area (Å²) in [7, 11) is 0. The van der Waals surface area contributed by atoms with E-state index in [0.29, 0.717) is 18.0 Å². The number of fused-ring (bicyclic) bond motifs is 1. The molecule has 1 aromatic heterocycles. The van der Waals surface area contributed by atoms with Gasteiger partial charge in [0.2, 0.25) is 5.88 Å². The van der Waals surface area contributed by atoms with Crippen molar-refractivity contribution < 1.29 is 14.3 Å². The van der Waals surface area contributed by atoms with Crippen LogP contribution < -0.4 is 14.8 Å². The highest BCUT2D eigenvalue weighted by Crippen LogP contribution is 2.27. The maximum atomic E-state index is 12.6. The first-order valence-electron chi connectivity index (χ1n) is 13.7. The highest BCUT2D eigenvalue weighted by molar-refractivity contribution is 5.94. The van der Waals surface area contributed by atoms with Crippen LogP contribution in [-0.4, -0.2) is 41.6 Å². The molecule has 6 rings (SSSR count). The number of nitrogens with one attached hydrogen (secondary N) is 1. The number of carbonyl (C=O) groups is 1. The van der Waals surface area contributed by atoms with E-state index >= 15 is 0 Å². The molecule has 3 heterocycles. The number of piperidine rings is 1. The second-order valence-electron chi connectivity index (χ2n) is 10.3. The minimum atomic E-state index is -0.102. The molecule has 6 heteroatoms. The summed E-state index contributed by atoms with van der Waals surface area (Å²) in [4.78, 5) is 19.6. The van der Waals surface area contributed by atoms with E-state index in [1.54, 1.807) is 6.20 Å². The molecule has 4 aromatic rings. The molecule has 2 aliphatic rings. The Morgan fingerprint density at radius 1 is 0.923 bits per heavy atom. The average molecular weight is 520 g/mol. The van der Waals surface area contributed by atoms with Gasteiger partial charge in [0.05, 0.1) is 6.61 Å². The minimum absolute atomic E-state index is 0.102. The molecule has 3 aromatic carbocycles. The summed E-state index contributed by atoms with van der Waals surface area (Å²) in [5.74, 6) is 1.58. The quantitative estimate of drug-likeness (QED) is 0.326. The number of amides is 1. The van der Waals surface area contributed by atoms with Crippen LogP contribution >= 0.6 is 0 Å². The fraction of sp³-hybridized carbons (Fsp3) is 0.273. The summed E-state index contributed by atoms with van der Waals surface area (Å²) in [5, 5.41) is 2.98. The number of hydrogen-bond acceptors (Lipinski definition) is 5. The zero-order valence-corrected chi connectivity index (χ0v) is 22.0. The molecule has 0 bridgehead atoms. The Balaban J connectivity index is 0.943.